The molecular weight excluding hydrogens is 124 g/mol. The van der Waals surface area contributed by atoms with E-state index in [2.05, 4.69) is 6.58 Å². The third-order valence-electron chi connectivity index (χ3n) is 2.90. The monoisotopic (exact) mass is 136 g/mol. The fourth-order valence-corrected chi connectivity index (χ4v) is 2.29. The van der Waals surface area contributed by atoms with Crippen LogP contribution in [0.15, 0.2) is 12.2 Å². The zero-order valence-electron chi connectivity index (χ0n) is 6.10. The van der Waals surface area contributed by atoms with Crippen LogP contribution in [0.5, 0.6) is 0 Å². The van der Waals surface area contributed by atoms with Crippen molar-refractivity contribution in [2.75, 3.05) is 0 Å². The maximum atomic E-state index is 11.2. The van der Waals surface area contributed by atoms with Crippen molar-refractivity contribution < 1.29 is 4.79 Å². The van der Waals surface area contributed by atoms with Gasteiger partial charge >= 0.3 is 0 Å². The summed E-state index contributed by atoms with van der Waals surface area (Å²) < 4.78 is 0. The lowest BCUT2D eigenvalue weighted by molar-refractivity contribution is -0.120. The van der Waals surface area contributed by atoms with E-state index in [1.54, 1.807) is 0 Å². The van der Waals surface area contributed by atoms with Crippen molar-refractivity contribution in [3.63, 3.8) is 0 Å². The molecule has 54 valence electrons. The Bertz CT molecular complexity index is 171. The Balaban J connectivity index is 2.24. The van der Waals surface area contributed by atoms with Crippen LogP contribution in [0.25, 0.3) is 0 Å². The van der Waals surface area contributed by atoms with Crippen molar-refractivity contribution in [2.45, 2.75) is 25.7 Å². The van der Waals surface area contributed by atoms with Crippen molar-refractivity contribution in [3.8, 4) is 0 Å². The second-order valence-electron chi connectivity index (χ2n) is 3.41. The Hall–Kier alpha value is -0.590. The van der Waals surface area contributed by atoms with Crippen LogP contribution in [-0.2, 0) is 4.79 Å². The first kappa shape index (κ1) is 6.14. The molecule has 1 nitrogen and oxygen atoms in total. The largest absolute Gasteiger partial charge is 0.299 e. The highest BCUT2D eigenvalue weighted by Crippen LogP contribution is 2.44. The molecule has 0 amide bonds. The quantitative estimate of drug-likeness (QED) is 0.465. The Kier molecular flexibility index (Phi) is 1.19. The van der Waals surface area contributed by atoms with Crippen molar-refractivity contribution in [2.24, 2.45) is 11.8 Å². The SMILES string of the molecule is C=C1CCC2C(=O)CCC12. The van der Waals surface area contributed by atoms with Crippen molar-refractivity contribution >= 4 is 5.78 Å². The summed E-state index contributed by atoms with van der Waals surface area (Å²) in [6.07, 6.45) is 4.08. The molecule has 0 aromatic rings. The second kappa shape index (κ2) is 1.94. The summed E-state index contributed by atoms with van der Waals surface area (Å²) in [6, 6.07) is 0. The van der Waals surface area contributed by atoms with Gasteiger partial charge in [0.1, 0.15) is 5.78 Å². The van der Waals surface area contributed by atoms with Crippen LogP contribution < -0.4 is 0 Å². The first-order valence-electron chi connectivity index (χ1n) is 3.99. The molecule has 2 atom stereocenters. The lowest BCUT2D eigenvalue weighted by atomic mass is 9.98. The molecule has 0 N–H and O–H groups in total. The van der Waals surface area contributed by atoms with E-state index >= 15 is 0 Å². The lowest BCUT2D eigenvalue weighted by Gasteiger charge is -2.05. The third-order valence-corrected chi connectivity index (χ3v) is 2.90. The van der Waals surface area contributed by atoms with Crippen LogP contribution in [0.2, 0.25) is 0 Å². The van der Waals surface area contributed by atoms with Gasteiger partial charge in [0.2, 0.25) is 0 Å². The molecule has 1 heteroatoms. The summed E-state index contributed by atoms with van der Waals surface area (Å²) in [5, 5.41) is 0. The molecule has 0 aromatic carbocycles. The number of allylic oxidation sites excluding steroid dienone is 1. The molecule has 0 spiro atoms. The molecule has 0 heterocycles. The van der Waals surface area contributed by atoms with Gasteiger partial charge in [-0.1, -0.05) is 12.2 Å². The smallest absolute Gasteiger partial charge is 0.136 e. The van der Waals surface area contributed by atoms with Gasteiger partial charge in [-0.3, -0.25) is 4.79 Å². The van der Waals surface area contributed by atoms with E-state index in [1.807, 2.05) is 0 Å². The number of hydrogen-bond acceptors (Lipinski definition) is 1. The summed E-state index contributed by atoms with van der Waals surface area (Å²) in [5.41, 5.74) is 1.33. The molecule has 0 radical (unpaired) electrons. The summed E-state index contributed by atoms with van der Waals surface area (Å²) >= 11 is 0. The van der Waals surface area contributed by atoms with E-state index in [-0.39, 0.29) is 0 Å². The predicted molar refractivity (Wildman–Crippen MR) is 39.6 cm³/mol. The summed E-state index contributed by atoms with van der Waals surface area (Å²) in [5.74, 6) is 1.45. The Labute approximate surface area is 61.1 Å². The normalized spacial score (nSPS) is 38.8. The topological polar surface area (TPSA) is 17.1 Å². The summed E-state index contributed by atoms with van der Waals surface area (Å²) in [4.78, 5) is 11.2. The molecule has 0 bridgehead atoms. The van der Waals surface area contributed by atoms with Crippen LogP contribution in [0.1, 0.15) is 25.7 Å². The third kappa shape index (κ3) is 0.664. The molecule has 2 unspecified atom stereocenters. The van der Waals surface area contributed by atoms with Gasteiger partial charge in [0, 0.05) is 12.3 Å². The highest BCUT2D eigenvalue weighted by molar-refractivity contribution is 5.84. The highest BCUT2D eigenvalue weighted by atomic mass is 16.1. The fourth-order valence-electron chi connectivity index (χ4n) is 2.29. The summed E-state index contributed by atoms with van der Waals surface area (Å²) in [6.45, 7) is 3.98. The Morgan fingerprint density at radius 1 is 1.20 bits per heavy atom. The molecule has 10 heavy (non-hydrogen) atoms. The number of ketones is 1. The molecular formula is C9H12O. The average molecular weight is 136 g/mol. The summed E-state index contributed by atoms with van der Waals surface area (Å²) in [7, 11) is 0. The minimum atomic E-state index is 0.382. The molecule has 2 aliphatic rings. The van der Waals surface area contributed by atoms with Crippen LogP contribution in [0.4, 0.5) is 0 Å². The fraction of sp³-hybridized carbons (Fsp3) is 0.667. The molecule has 0 aliphatic heterocycles. The van der Waals surface area contributed by atoms with Gasteiger partial charge in [-0.15, -0.1) is 0 Å². The molecule has 2 saturated carbocycles. The van der Waals surface area contributed by atoms with Gasteiger partial charge in [-0.2, -0.15) is 0 Å². The van der Waals surface area contributed by atoms with Gasteiger partial charge < -0.3 is 0 Å². The number of Topliss-reactive ketones (excluding diaryl/α,β-unsaturated/α-hetero) is 1. The van der Waals surface area contributed by atoms with E-state index in [9.17, 15) is 4.79 Å². The average Bonchev–Trinajstić information content (AvgIpc) is 2.41. The molecule has 2 rings (SSSR count). The zero-order valence-corrected chi connectivity index (χ0v) is 6.10. The number of carbonyl (C=O) groups excluding carboxylic acids is 1. The van der Waals surface area contributed by atoms with E-state index in [0.717, 1.165) is 25.7 Å². The van der Waals surface area contributed by atoms with Crippen LogP contribution in [0, 0.1) is 11.8 Å². The molecule has 2 aliphatic carbocycles. The molecule has 0 saturated heterocycles. The van der Waals surface area contributed by atoms with Gasteiger partial charge in [0.05, 0.1) is 0 Å². The minimum Gasteiger partial charge on any atom is -0.299 e. The van der Waals surface area contributed by atoms with Gasteiger partial charge in [0.15, 0.2) is 0 Å². The maximum Gasteiger partial charge on any atom is 0.136 e. The van der Waals surface area contributed by atoms with Crippen LogP contribution in [-0.4, -0.2) is 5.78 Å². The Morgan fingerprint density at radius 2 is 1.90 bits per heavy atom. The van der Waals surface area contributed by atoms with Gasteiger partial charge in [-0.25, -0.2) is 0 Å². The van der Waals surface area contributed by atoms with Crippen LogP contribution in [0.3, 0.4) is 0 Å². The number of hydrogen-bond donors (Lipinski definition) is 0. The second-order valence-corrected chi connectivity index (χ2v) is 3.41. The van der Waals surface area contributed by atoms with Gasteiger partial charge in [-0.05, 0) is 25.2 Å². The van der Waals surface area contributed by atoms with Crippen molar-refractivity contribution in [1.29, 1.82) is 0 Å². The number of fused-ring (bicyclic) bond motifs is 1. The highest BCUT2D eigenvalue weighted by Gasteiger charge is 2.39. The number of rotatable bonds is 0. The lowest BCUT2D eigenvalue weighted by Crippen LogP contribution is -2.07. The zero-order chi connectivity index (χ0) is 7.14. The Morgan fingerprint density at radius 3 is 2.60 bits per heavy atom. The maximum absolute atomic E-state index is 11.2. The molecule has 0 aromatic heterocycles. The molecule has 2 fully saturated rings. The van der Waals surface area contributed by atoms with Crippen LogP contribution >= 0.6 is 0 Å². The van der Waals surface area contributed by atoms with E-state index in [1.165, 1.54) is 5.57 Å². The van der Waals surface area contributed by atoms with Gasteiger partial charge in [0.25, 0.3) is 0 Å². The van der Waals surface area contributed by atoms with E-state index < -0.39 is 0 Å². The first-order valence-corrected chi connectivity index (χ1v) is 3.99. The van der Waals surface area contributed by atoms with Crippen molar-refractivity contribution in [3.05, 3.63) is 12.2 Å². The van der Waals surface area contributed by atoms with Crippen molar-refractivity contribution in [1.82, 2.24) is 0 Å². The van der Waals surface area contributed by atoms with E-state index in [4.69, 9.17) is 0 Å². The van der Waals surface area contributed by atoms with E-state index in [0.29, 0.717) is 17.6 Å². The number of carbonyl (C=O) groups is 1. The minimum absolute atomic E-state index is 0.382. The first-order chi connectivity index (χ1) is 4.79. The standard InChI is InChI=1S/C9H12O/c1-6-2-3-8-7(6)4-5-9(8)10/h7-8H,1-5H2. The predicted octanol–water partition coefficient (Wildman–Crippen LogP) is 1.93.